The minimum atomic E-state index is -0.667. The van der Waals surface area contributed by atoms with Crippen molar-refractivity contribution in [1.29, 1.82) is 5.26 Å². The quantitative estimate of drug-likeness (QED) is 0.558. The van der Waals surface area contributed by atoms with E-state index in [2.05, 4.69) is 17.0 Å². The Balaban J connectivity index is 2.52. The molecular formula is C14H15BN2O2. The summed E-state index contributed by atoms with van der Waals surface area (Å²) in [5, 5.41) is 9.20. The topological polar surface area (TPSA) is 55.1 Å². The fourth-order valence-corrected chi connectivity index (χ4v) is 1.89. The summed E-state index contributed by atoms with van der Waals surface area (Å²) in [7, 11) is -0.667. The Bertz CT molecular complexity index is 548. The van der Waals surface area contributed by atoms with Gasteiger partial charge in [-0.15, -0.1) is 6.42 Å². The summed E-state index contributed by atoms with van der Waals surface area (Å²) in [4.78, 5) is 4.10. The Kier molecular flexibility index (Phi) is 3.14. The van der Waals surface area contributed by atoms with Gasteiger partial charge in [-0.05, 0) is 33.8 Å². The van der Waals surface area contributed by atoms with Gasteiger partial charge in [-0.3, -0.25) is 0 Å². The lowest BCUT2D eigenvalue weighted by atomic mass is 9.75. The van der Waals surface area contributed by atoms with Crippen molar-refractivity contribution in [3.63, 3.8) is 0 Å². The number of nitrogens with zero attached hydrogens (tertiary/aromatic N) is 2. The van der Waals surface area contributed by atoms with Crippen LogP contribution in [0.5, 0.6) is 0 Å². The first-order valence-corrected chi connectivity index (χ1v) is 6.03. The molecule has 0 amide bonds. The summed E-state index contributed by atoms with van der Waals surface area (Å²) in [6.07, 6.45) is 6.96. The average Bonchev–Trinajstić information content (AvgIpc) is 2.57. The van der Waals surface area contributed by atoms with Gasteiger partial charge in [-0.2, -0.15) is 5.26 Å². The Morgan fingerprint density at radius 3 is 2.32 bits per heavy atom. The summed E-state index contributed by atoms with van der Waals surface area (Å²) in [6, 6.07) is 3.72. The van der Waals surface area contributed by atoms with Gasteiger partial charge in [0.1, 0.15) is 5.69 Å². The minimum absolute atomic E-state index is 0.387. The van der Waals surface area contributed by atoms with E-state index in [0.717, 1.165) is 0 Å². The first-order chi connectivity index (χ1) is 8.82. The Morgan fingerprint density at radius 2 is 1.84 bits per heavy atom. The molecular weight excluding hydrogens is 239 g/mol. The molecule has 1 fully saturated rings. The molecule has 0 radical (unpaired) electrons. The van der Waals surface area contributed by atoms with Gasteiger partial charge in [0, 0.05) is 11.7 Å². The third-order valence-electron chi connectivity index (χ3n) is 3.74. The SMILES string of the molecule is C#Cc1nccc(C#N)c1B1OC(C)(C)C(C)(C)O1. The van der Waals surface area contributed by atoms with E-state index in [1.165, 1.54) is 6.20 Å². The van der Waals surface area contributed by atoms with Crippen LogP contribution < -0.4 is 5.46 Å². The Morgan fingerprint density at radius 1 is 1.26 bits per heavy atom. The molecule has 19 heavy (non-hydrogen) atoms. The van der Waals surface area contributed by atoms with Gasteiger partial charge in [-0.25, -0.2) is 4.98 Å². The number of nitriles is 1. The maximum absolute atomic E-state index is 9.20. The number of aromatic nitrogens is 1. The zero-order valence-electron chi connectivity index (χ0n) is 11.5. The van der Waals surface area contributed by atoms with Crippen LogP contribution in [0.15, 0.2) is 12.3 Å². The first kappa shape index (κ1) is 13.6. The first-order valence-electron chi connectivity index (χ1n) is 6.03. The van der Waals surface area contributed by atoms with Crippen molar-refractivity contribution in [3.05, 3.63) is 23.5 Å². The molecule has 1 aromatic heterocycles. The molecule has 0 unspecified atom stereocenters. The van der Waals surface area contributed by atoms with Gasteiger partial charge in [0.25, 0.3) is 0 Å². The van der Waals surface area contributed by atoms with Crippen LogP contribution in [-0.2, 0) is 9.31 Å². The molecule has 0 aliphatic carbocycles. The normalized spacial score (nSPS) is 19.8. The van der Waals surface area contributed by atoms with Crippen molar-refractivity contribution in [1.82, 2.24) is 4.98 Å². The van der Waals surface area contributed by atoms with Gasteiger partial charge in [0.2, 0.25) is 0 Å². The lowest BCUT2D eigenvalue weighted by Gasteiger charge is -2.32. The lowest BCUT2D eigenvalue weighted by Crippen LogP contribution is -2.41. The van der Waals surface area contributed by atoms with Crippen LogP contribution in [0.25, 0.3) is 0 Å². The maximum Gasteiger partial charge on any atom is 0.499 e. The third-order valence-corrected chi connectivity index (χ3v) is 3.74. The fraction of sp³-hybridized carbons (Fsp3) is 0.429. The second kappa shape index (κ2) is 4.38. The van der Waals surface area contributed by atoms with Crippen LogP contribution in [0, 0.1) is 23.7 Å². The molecule has 0 atom stereocenters. The summed E-state index contributed by atoms with van der Waals surface area (Å²) >= 11 is 0. The third kappa shape index (κ3) is 2.12. The molecule has 4 nitrogen and oxygen atoms in total. The van der Waals surface area contributed by atoms with E-state index in [0.29, 0.717) is 16.7 Å². The smallest absolute Gasteiger partial charge is 0.399 e. The monoisotopic (exact) mass is 254 g/mol. The molecule has 0 spiro atoms. The van der Waals surface area contributed by atoms with Crippen LogP contribution in [-0.4, -0.2) is 23.3 Å². The molecule has 0 saturated carbocycles. The largest absolute Gasteiger partial charge is 0.499 e. The highest BCUT2D eigenvalue weighted by molar-refractivity contribution is 6.63. The van der Waals surface area contributed by atoms with Crippen LogP contribution in [0.4, 0.5) is 0 Å². The molecule has 5 heteroatoms. The highest BCUT2D eigenvalue weighted by Gasteiger charge is 2.53. The molecule has 2 heterocycles. The fourth-order valence-electron chi connectivity index (χ4n) is 1.89. The minimum Gasteiger partial charge on any atom is -0.399 e. The second-order valence-corrected chi connectivity index (χ2v) is 5.47. The Hall–Kier alpha value is -1.82. The summed E-state index contributed by atoms with van der Waals surface area (Å²) in [5.41, 5.74) is 0.392. The summed E-state index contributed by atoms with van der Waals surface area (Å²) < 4.78 is 11.9. The van der Waals surface area contributed by atoms with Crippen LogP contribution >= 0.6 is 0 Å². The molecule has 1 aromatic rings. The van der Waals surface area contributed by atoms with Crippen molar-refractivity contribution in [3.8, 4) is 18.4 Å². The van der Waals surface area contributed by atoms with E-state index in [9.17, 15) is 5.26 Å². The molecule has 2 rings (SSSR count). The van der Waals surface area contributed by atoms with E-state index >= 15 is 0 Å². The molecule has 1 aliphatic heterocycles. The standard InChI is InChI=1S/C14H15BN2O2/c1-6-11-12(10(9-16)7-8-17-11)15-18-13(2,3)14(4,5)19-15/h1,7-8H,2-5H3. The van der Waals surface area contributed by atoms with E-state index in [4.69, 9.17) is 15.7 Å². The second-order valence-electron chi connectivity index (χ2n) is 5.47. The van der Waals surface area contributed by atoms with E-state index in [1.54, 1.807) is 6.07 Å². The van der Waals surface area contributed by atoms with Crippen molar-refractivity contribution >= 4 is 12.6 Å². The average molecular weight is 254 g/mol. The molecule has 0 N–H and O–H groups in total. The van der Waals surface area contributed by atoms with Gasteiger partial charge < -0.3 is 9.31 Å². The zero-order chi connectivity index (χ0) is 14.3. The number of hydrogen-bond acceptors (Lipinski definition) is 4. The van der Waals surface area contributed by atoms with Gasteiger partial charge in [0.15, 0.2) is 0 Å². The molecule has 0 bridgehead atoms. The van der Waals surface area contributed by atoms with Gasteiger partial charge >= 0.3 is 7.12 Å². The molecule has 1 aliphatic rings. The van der Waals surface area contributed by atoms with Crippen molar-refractivity contribution in [2.45, 2.75) is 38.9 Å². The zero-order valence-corrected chi connectivity index (χ0v) is 11.5. The van der Waals surface area contributed by atoms with Crippen LogP contribution in [0.1, 0.15) is 39.0 Å². The summed E-state index contributed by atoms with van der Waals surface area (Å²) in [6.45, 7) is 7.80. The van der Waals surface area contributed by atoms with Crippen LogP contribution in [0.3, 0.4) is 0 Å². The van der Waals surface area contributed by atoms with E-state index in [1.807, 2.05) is 27.7 Å². The van der Waals surface area contributed by atoms with Crippen molar-refractivity contribution < 1.29 is 9.31 Å². The number of hydrogen-bond donors (Lipinski definition) is 0. The Labute approximate surface area is 113 Å². The number of pyridine rings is 1. The predicted molar refractivity (Wildman–Crippen MR) is 72.6 cm³/mol. The van der Waals surface area contributed by atoms with Crippen molar-refractivity contribution in [2.75, 3.05) is 0 Å². The van der Waals surface area contributed by atoms with Gasteiger partial charge in [0.05, 0.1) is 22.8 Å². The van der Waals surface area contributed by atoms with Crippen LogP contribution in [0.2, 0.25) is 0 Å². The molecule has 1 saturated heterocycles. The highest BCUT2D eigenvalue weighted by Crippen LogP contribution is 2.36. The lowest BCUT2D eigenvalue weighted by molar-refractivity contribution is 0.00578. The van der Waals surface area contributed by atoms with Crippen molar-refractivity contribution in [2.24, 2.45) is 0 Å². The van der Waals surface area contributed by atoms with E-state index in [-0.39, 0.29) is 0 Å². The molecule has 96 valence electrons. The maximum atomic E-state index is 9.20. The van der Waals surface area contributed by atoms with E-state index < -0.39 is 18.3 Å². The molecule has 0 aromatic carbocycles. The number of rotatable bonds is 1. The van der Waals surface area contributed by atoms with Gasteiger partial charge in [-0.1, -0.05) is 5.92 Å². The predicted octanol–water partition coefficient (Wildman–Crippen LogP) is 1.23. The number of terminal acetylenes is 1. The highest BCUT2D eigenvalue weighted by atomic mass is 16.7. The summed E-state index contributed by atoms with van der Waals surface area (Å²) in [5.74, 6) is 2.48.